The minimum absolute atomic E-state index is 0.0574. The molecule has 1 aliphatic rings. The molecule has 0 atom stereocenters. The molecule has 0 radical (unpaired) electrons. The van der Waals surface area contributed by atoms with E-state index in [9.17, 15) is 22.8 Å². The first-order valence-electron chi connectivity index (χ1n) is 8.91. The molecule has 0 aliphatic heterocycles. The van der Waals surface area contributed by atoms with E-state index in [4.69, 9.17) is 5.73 Å². The van der Waals surface area contributed by atoms with Gasteiger partial charge in [0.05, 0.1) is 22.4 Å². The highest BCUT2D eigenvalue weighted by molar-refractivity contribution is 7.99. The lowest BCUT2D eigenvalue weighted by molar-refractivity contribution is -0.137. The molecule has 0 bridgehead atoms. The number of carbonyl (C=O) groups excluding carboxylic acids is 1. The zero-order chi connectivity index (χ0) is 20.8. The highest BCUT2D eigenvalue weighted by Gasteiger charge is 2.31. The zero-order valence-corrected chi connectivity index (χ0v) is 16.7. The zero-order valence-electron chi connectivity index (χ0n) is 15.1. The molecule has 0 unspecified atom stereocenters. The summed E-state index contributed by atoms with van der Waals surface area (Å²) < 4.78 is 40.8. The molecule has 5 nitrogen and oxygen atoms in total. The molecule has 0 spiro atoms. The largest absolute Gasteiger partial charge is 0.416 e. The maximum atomic E-state index is 13.4. The number of thiophene rings is 1. The fraction of sp³-hybridized carbons (Fsp3) is 0.316. The Labute approximate surface area is 171 Å². The lowest BCUT2D eigenvalue weighted by Crippen LogP contribution is -2.23. The van der Waals surface area contributed by atoms with Crippen molar-refractivity contribution in [1.29, 1.82) is 0 Å². The van der Waals surface area contributed by atoms with Gasteiger partial charge in [0.15, 0.2) is 5.16 Å². The van der Waals surface area contributed by atoms with Gasteiger partial charge in [0, 0.05) is 4.88 Å². The lowest BCUT2D eigenvalue weighted by Gasteiger charge is -2.15. The van der Waals surface area contributed by atoms with Crippen LogP contribution in [0.4, 0.5) is 13.2 Å². The first-order valence-corrected chi connectivity index (χ1v) is 10.7. The third-order valence-corrected chi connectivity index (χ3v) is 6.88. The summed E-state index contributed by atoms with van der Waals surface area (Å²) in [6, 6.07) is 4.54. The molecule has 0 saturated carbocycles. The molecule has 4 rings (SSSR count). The Morgan fingerprint density at radius 1 is 1.28 bits per heavy atom. The number of amides is 1. The average Bonchev–Trinajstić information content (AvgIpc) is 3.04. The van der Waals surface area contributed by atoms with E-state index < -0.39 is 23.2 Å². The summed E-state index contributed by atoms with van der Waals surface area (Å²) in [6.45, 7) is 0. The summed E-state index contributed by atoms with van der Waals surface area (Å²) in [4.78, 5) is 30.9. The van der Waals surface area contributed by atoms with Crippen molar-refractivity contribution in [2.24, 2.45) is 5.73 Å². The van der Waals surface area contributed by atoms with Gasteiger partial charge in [-0.15, -0.1) is 11.3 Å². The van der Waals surface area contributed by atoms with Crippen LogP contribution in [0, 0.1) is 0 Å². The number of rotatable bonds is 4. The molecule has 1 aliphatic carbocycles. The molecule has 2 heterocycles. The number of halogens is 3. The summed E-state index contributed by atoms with van der Waals surface area (Å²) in [7, 11) is 0. The van der Waals surface area contributed by atoms with E-state index in [-0.39, 0.29) is 16.6 Å². The van der Waals surface area contributed by atoms with Crippen LogP contribution in [0.1, 0.15) is 28.8 Å². The van der Waals surface area contributed by atoms with Gasteiger partial charge < -0.3 is 5.73 Å². The third-order valence-electron chi connectivity index (χ3n) is 4.73. The number of hydrogen-bond donors (Lipinski definition) is 1. The SMILES string of the molecule is NC(=O)CSc1nc2sc3c(c2c(=O)n1-c1cccc(C(F)(F)F)c1)CCCC3. The number of benzene rings is 1. The minimum Gasteiger partial charge on any atom is -0.369 e. The lowest BCUT2D eigenvalue weighted by atomic mass is 9.97. The van der Waals surface area contributed by atoms with Crippen LogP contribution in [-0.4, -0.2) is 21.2 Å². The van der Waals surface area contributed by atoms with Crippen molar-refractivity contribution in [3.05, 3.63) is 50.6 Å². The molecular formula is C19H16F3N3O2S2. The predicted molar refractivity (Wildman–Crippen MR) is 107 cm³/mol. The van der Waals surface area contributed by atoms with Crippen molar-refractivity contribution < 1.29 is 18.0 Å². The van der Waals surface area contributed by atoms with Crippen molar-refractivity contribution in [1.82, 2.24) is 9.55 Å². The number of aryl methyl sites for hydroxylation is 2. The topological polar surface area (TPSA) is 78.0 Å². The van der Waals surface area contributed by atoms with Gasteiger partial charge in [0.2, 0.25) is 5.91 Å². The van der Waals surface area contributed by atoms with E-state index in [1.54, 1.807) is 0 Å². The highest BCUT2D eigenvalue weighted by atomic mass is 32.2. The van der Waals surface area contributed by atoms with Gasteiger partial charge in [-0.25, -0.2) is 4.98 Å². The minimum atomic E-state index is -4.54. The van der Waals surface area contributed by atoms with Gasteiger partial charge in [0.1, 0.15) is 4.83 Å². The second kappa shape index (κ2) is 7.49. The van der Waals surface area contributed by atoms with Crippen LogP contribution < -0.4 is 11.3 Å². The molecule has 10 heteroatoms. The number of carbonyl (C=O) groups is 1. The van der Waals surface area contributed by atoms with Crippen molar-refractivity contribution in [2.75, 3.05) is 5.75 Å². The number of aromatic nitrogens is 2. The summed E-state index contributed by atoms with van der Waals surface area (Å²) >= 11 is 2.38. The van der Waals surface area contributed by atoms with Gasteiger partial charge in [0.25, 0.3) is 5.56 Å². The Balaban J connectivity index is 1.97. The van der Waals surface area contributed by atoms with Gasteiger partial charge >= 0.3 is 6.18 Å². The molecular weight excluding hydrogens is 423 g/mol. The Morgan fingerprint density at radius 2 is 2.03 bits per heavy atom. The number of alkyl halides is 3. The predicted octanol–water partition coefficient (Wildman–Crippen LogP) is 3.92. The van der Waals surface area contributed by atoms with Crippen LogP contribution in [0.2, 0.25) is 0 Å². The van der Waals surface area contributed by atoms with Gasteiger partial charge in [-0.05, 0) is 49.4 Å². The van der Waals surface area contributed by atoms with E-state index in [2.05, 4.69) is 4.98 Å². The van der Waals surface area contributed by atoms with Crippen LogP contribution in [0.25, 0.3) is 15.9 Å². The van der Waals surface area contributed by atoms with Crippen molar-refractivity contribution in [2.45, 2.75) is 37.0 Å². The second-order valence-corrected chi connectivity index (χ2v) is 8.76. The Kier molecular flexibility index (Phi) is 5.16. The Bertz CT molecular complexity index is 1170. The molecule has 0 fully saturated rings. The molecule has 3 aromatic rings. The van der Waals surface area contributed by atoms with Crippen LogP contribution in [0.15, 0.2) is 34.2 Å². The summed E-state index contributed by atoms with van der Waals surface area (Å²) in [5.41, 5.74) is 4.95. The van der Waals surface area contributed by atoms with Crippen molar-refractivity contribution >= 4 is 39.2 Å². The van der Waals surface area contributed by atoms with E-state index in [0.717, 1.165) is 64.6 Å². The van der Waals surface area contributed by atoms with Gasteiger partial charge in [-0.2, -0.15) is 13.2 Å². The number of primary amides is 1. The fourth-order valence-electron chi connectivity index (χ4n) is 3.47. The monoisotopic (exact) mass is 439 g/mol. The Morgan fingerprint density at radius 3 is 2.76 bits per heavy atom. The molecule has 1 amide bonds. The molecule has 1 aromatic carbocycles. The van der Waals surface area contributed by atoms with E-state index in [1.807, 2.05) is 0 Å². The quantitative estimate of drug-likeness (QED) is 0.494. The third kappa shape index (κ3) is 3.78. The summed E-state index contributed by atoms with van der Waals surface area (Å²) in [5, 5.41) is 0.616. The molecule has 2 aromatic heterocycles. The van der Waals surface area contributed by atoms with Crippen LogP contribution in [0.5, 0.6) is 0 Å². The van der Waals surface area contributed by atoms with Crippen molar-refractivity contribution in [3.8, 4) is 5.69 Å². The molecule has 29 heavy (non-hydrogen) atoms. The normalized spacial score (nSPS) is 14.2. The van der Waals surface area contributed by atoms with Crippen LogP contribution in [0.3, 0.4) is 0 Å². The first-order chi connectivity index (χ1) is 13.8. The number of hydrogen-bond acceptors (Lipinski definition) is 5. The molecule has 152 valence electrons. The van der Waals surface area contributed by atoms with Gasteiger partial charge in [-0.1, -0.05) is 17.8 Å². The van der Waals surface area contributed by atoms with E-state index in [0.29, 0.717) is 10.2 Å². The summed E-state index contributed by atoms with van der Waals surface area (Å²) in [6.07, 6.45) is -0.935. The van der Waals surface area contributed by atoms with Crippen molar-refractivity contribution in [3.63, 3.8) is 0 Å². The van der Waals surface area contributed by atoms with Gasteiger partial charge in [-0.3, -0.25) is 14.2 Å². The fourth-order valence-corrected chi connectivity index (χ4v) is 5.52. The Hall–Kier alpha value is -2.33. The van der Waals surface area contributed by atoms with E-state index in [1.165, 1.54) is 23.5 Å². The maximum Gasteiger partial charge on any atom is 0.416 e. The van der Waals surface area contributed by atoms with Crippen LogP contribution in [-0.2, 0) is 23.8 Å². The number of thioether (sulfide) groups is 1. The molecule has 0 saturated heterocycles. The standard InChI is InChI=1S/C19H16F3N3O2S2/c20-19(21,22)10-4-3-5-11(8-10)25-17(27)15-12-6-1-2-7-13(12)29-16(15)24-18(25)28-9-14(23)26/h3-5,8H,1-2,6-7,9H2,(H2,23,26). The maximum absolute atomic E-state index is 13.4. The average molecular weight is 439 g/mol. The first kappa shape index (κ1) is 20.0. The number of fused-ring (bicyclic) bond motifs is 3. The smallest absolute Gasteiger partial charge is 0.369 e. The summed E-state index contributed by atoms with van der Waals surface area (Å²) in [5.74, 6) is -0.743. The number of nitrogens with zero attached hydrogens (tertiary/aromatic N) is 2. The second-order valence-electron chi connectivity index (χ2n) is 6.73. The number of nitrogens with two attached hydrogens (primary N) is 1. The van der Waals surface area contributed by atoms with Crippen LogP contribution >= 0.6 is 23.1 Å². The molecule has 2 N–H and O–H groups in total. The van der Waals surface area contributed by atoms with E-state index >= 15 is 0 Å². The highest BCUT2D eigenvalue weighted by Crippen LogP contribution is 2.36.